The number of esters is 1. The number of thioether (sulfide) groups is 1. The van der Waals surface area contributed by atoms with Gasteiger partial charge in [-0.15, -0.1) is 16.4 Å². The second-order valence-electron chi connectivity index (χ2n) is 10.1. The van der Waals surface area contributed by atoms with Gasteiger partial charge in [0, 0.05) is 22.4 Å². The average Bonchev–Trinajstić information content (AvgIpc) is 3.46. The molecule has 1 aromatic carbocycles. The molecular weight excluding hydrogens is 480 g/mol. The number of aromatic nitrogens is 1. The Morgan fingerprint density at radius 2 is 1.83 bits per heavy atom. The molecule has 1 amide bonds. The molecule has 2 aromatic rings. The predicted molar refractivity (Wildman–Crippen MR) is 138 cm³/mol. The highest BCUT2D eigenvalue weighted by Crippen LogP contribution is 2.60. The smallest absolute Gasteiger partial charge is 0.331 e. The Balaban J connectivity index is 1.12. The number of ether oxygens (including phenoxy) is 1. The number of carbonyl (C=O) groups excluding carboxylic acids is 2. The van der Waals surface area contributed by atoms with Gasteiger partial charge in [0.1, 0.15) is 5.01 Å². The third-order valence-corrected chi connectivity index (χ3v) is 9.49. The van der Waals surface area contributed by atoms with Crippen molar-refractivity contribution in [2.75, 3.05) is 7.11 Å². The normalized spacial score (nSPS) is 31.6. The van der Waals surface area contributed by atoms with Crippen molar-refractivity contribution in [3.8, 4) is 10.6 Å². The molecule has 1 saturated heterocycles. The number of carbonyl (C=O) groups is 2. The molecule has 9 heteroatoms. The minimum atomic E-state index is -0.585. The zero-order valence-corrected chi connectivity index (χ0v) is 21.0. The van der Waals surface area contributed by atoms with E-state index in [9.17, 15) is 9.59 Å². The lowest BCUT2D eigenvalue weighted by atomic mass is 9.49. The van der Waals surface area contributed by atoms with Gasteiger partial charge in [-0.1, -0.05) is 24.3 Å². The van der Waals surface area contributed by atoms with E-state index < -0.39 is 11.9 Å². The maximum atomic E-state index is 11.9. The van der Waals surface area contributed by atoms with E-state index in [0.717, 1.165) is 51.7 Å². The summed E-state index contributed by atoms with van der Waals surface area (Å²) in [5, 5.41) is 14.4. The van der Waals surface area contributed by atoms with Gasteiger partial charge in [0.25, 0.3) is 5.91 Å². The van der Waals surface area contributed by atoms with E-state index in [1.54, 1.807) is 17.6 Å². The summed E-state index contributed by atoms with van der Waals surface area (Å²) < 4.78 is 4.55. The molecule has 1 aromatic heterocycles. The first-order chi connectivity index (χ1) is 17.0. The van der Waals surface area contributed by atoms with Crippen molar-refractivity contribution in [3.63, 3.8) is 0 Å². The molecule has 0 spiro atoms. The Labute approximate surface area is 212 Å². The van der Waals surface area contributed by atoms with E-state index in [1.807, 2.05) is 12.1 Å². The Bertz CT molecular complexity index is 1230. The second-order valence-corrected chi connectivity index (χ2v) is 12.0. The first kappa shape index (κ1) is 22.7. The summed E-state index contributed by atoms with van der Waals surface area (Å²) >= 11 is 2.80. The fourth-order valence-corrected chi connectivity index (χ4v) is 8.26. The molecule has 1 aliphatic heterocycles. The zero-order valence-electron chi connectivity index (χ0n) is 19.4. The van der Waals surface area contributed by atoms with Crippen LogP contribution in [-0.4, -0.2) is 35.4 Å². The zero-order chi connectivity index (χ0) is 24.0. The van der Waals surface area contributed by atoms with Gasteiger partial charge in [-0.25, -0.2) is 9.78 Å². The maximum absolute atomic E-state index is 11.9. The molecule has 0 radical (unpaired) electrons. The van der Waals surface area contributed by atoms with Gasteiger partial charge in [0.2, 0.25) is 0 Å². The Morgan fingerprint density at radius 1 is 1.14 bits per heavy atom. The summed E-state index contributed by atoms with van der Waals surface area (Å²) in [6, 6.07) is 8.13. The van der Waals surface area contributed by atoms with Crippen molar-refractivity contribution in [1.82, 2.24) is 10.3 Å². The molecule has 4 bridgehead atoms. The molecular formula is C26H26N4O3S2. The van der Waals surface area contributed by atoms with Gasteiger partial charge >= 0.3 is 5.97 Å². The van der Waals surface area contributed by atoms with Crippen LogP contribution in [0.2, 0.25) is 0 Å². The van der Waals surface area contributed by atoms with E-state index >= 15 is 0 Å². The molecule has 5 fully saturated rings. The largest absolute Gasteiger partial charge is 0.466 e. The van der Waals surface area contributed by atoms with Crippen LogP contribution in [0, 0.1) is 17.8 Å². The fourth-order valence-electron chi connectivity index (χ4n) is 6.58. The van der Waals surface area contributed by atoms with Gasteiger partial charge in [0.15, 0.2) is 5.17 Å². The molecule has 4 saturated carbocycles. The summed E-state index contributed by atoms with van der Waals surface area (Å²) in [4.78, 5) is 28.6. The number of amidine groups is 1. The van der Waals surface area contributed by atoms with Crippen LogP contribution in [0.5, 0.6) is 0 Å². The first-order valence-electron chi connectivity index (χ1n) is 12.0. The third kappa shape index (κ3) is 4.47. The summed E-state index contributed by atoms with van der Waals surface area (Å²) in [5.41, 5.74) is 3.67. The maximum Gasteiger partial charge on any atom is 0.331 e. The van der Waals surface area contributed by atoms with Gasteiger partial charge in [0.05, 0.1) is 23.9 Å². The van der Waals surface area contributed by atoms with Crippen LogP contribution >= 0.6 is 23.1 Å². The molecule has 180 valence electrons. The molecule has 1 N–H and O–H groups in total. The van der Waals surface area contributed by atoms with Crippen LogP contribution in [0.25, 0.3) is 10.6 Å². The summed E-state index contributed by atoms with van der Waals surface area (Å²) in [6.07, 6.45) is 11.1. The van der Waals surface area contributed by atoms with E-state index in [0.29, 0.717) is 10.6 Å². The van der Waals surface area contributed by atoms with Crippen LogP contribution in [0.4, 0.5) is 0 Å². The molecule has 5 aliphatic rings. The number of amides is 1. The lowest BCUT2D eigenvalue weighted by Crippen LogP contribution is -2.48. The lowest BCUT2D eigenvalue weighted by Gasteiger charge is -2.56. The van der Waals surface area contributed by atoms with Crippen molar-refractivity contribution in [3.05, 3.63) is 51.9 Å². The molecule has 0 atom stereocenters. The standard InChI is InChI=1S/C26H26N4O3S2/c1-33-22(31)9-20-23(32)29-25(35-20)30-27-13-15-2-4-19(5-3-15)24-28-21(14-34-24)26-10-16-6-17(11-26)8-18(7-16)12-26/h2-5,9,13-14,16-18H,6-8,10-12H2,1H3,(H,29,30,32)/b20-9+,27-13?. The number of nitrogens with one attached hydrogen (secondary N) is 1. The van der Waals surface area contributed by atoms with Crippen molar-refractivity contribution in [2.45, 2.75) is 43.9 Å². The Hall–Kier alpha value is -2.78. The monoisotopic (exact) mass is 506 g/mol. The molecule has 7 rings (SSSR count). The minimum absolute atomic E-state index is 0.228. The van der Waals surface area contributed by atoms with Crippen molar-refractivity contribution in [1.29, 1.82) is 0 Å². The first-order valence-corrected chi connectivity index (χ1v) is 13.7. The van der Waals surface area contributed by atoms with Gasteiger partial charge in [-0.2, -0.15) is 5.10 Å². The number of hydrogen-bond acceptors (Lipinski definition) is 8. The molecule has 4 aliphatic carbocycles. The predicted octanol–water partition coefficient (Wildman–Crippen LogP) is 4.89. The molecule has 35 heavy (non-hydrogen) atoms. The highest BCUT2D eigenvalue weighted by Gasteiger charge is 2.52. The summed E-state index contributed by atoms with van der Waals surface area (Å²) in [5.74, 6) is 1.77. The van der Waals surface area contributed by atoms with Crippen LogP contribution in [-0.2, 0) is 19.7 Å². The highest BCUT2D eigenvalue weighted by molar-refractivity contribution is 8.18. The van der Waals surface area contributed by atoms with Crippen LogP contribution < -0.4 is 5.32 Å². The molecule has 0 unspecified atom stereocenters. The highest BCUT2D eigenvalue weighted by atomic mass is 32.2. The topological polar surface area (TPSA) is 93.0 Å². The number of hydrogen-bond donors (Lipinski definition) is 1. The van der Waals surface area contributed by atoms with E-state index in [4.69, 9.17) is 4.98 Å². The summed E-state index contributed by atoms with van der Waals surface area (Å²) in [7, 11) is 1.26. The number of methoxy groups -OCH3 is 1. The number of thiazole rings is 1. The van der Waals surface area contributed by atoms with Crippen LogP contribution in [0.3, 0.4) is 0 Å². The van der Waals surface area contributed by atoms with E-state index in [2.05, 4.69) is 37.8 Å². The quantitative estimate of drug-likeness (QED) is 0.270. The Kier molecular flexibility index (Phi) is 5.84. The molecule has 7 nitrogen and oxygen atoms in total. The van der Waals surface area contributed by atoms with Gasteiger partial charge < -0.3 is 4.74 Å². The second kappa shape index (κ2) is 9.02. The Morgan fingerprint density at radius 3 is 2.49 bits per heavy atom. The average molecular weight is 507 g/mol. The fraction of sp³-hybridized carbons (Fsp3) is 0.423. The lowest BCUT2D eigenvalue weighted by molar-refractivity contribution is -0.135. The van der Waals surface area contributed by atoms with Crippen LogP contribution in [0.15, 0.2) is 50.8 Å². The minimum Gasteiger partial charge on any atom is -0.466 e. The van der Waals surface area contributed by atoms with E-state index in [-0.39, 0.29) is 4.91 Å². The number of nitrogens with zero attached hydrogens (tertiary/aromatic N) is 3. The van der Waals surface area contributed by atoms with E-state index in [1.165, 1.54) is 51.3 Å². The third-order valence-electron chi connectivity index (χ3n) is 7.70. The van der Waals surface area contributed by atoms with Crippen molar-refractivity contribution >= 4 is 46.4 Å². The number of rotatable bonds is 5. The van der Waals surface area contributed by atoms with Crippen LogP contribution in [0.1, 0.15) is 49.8 Å². The van der Waals surface area contributed by atoms with Gasteiger partial charge in [-0.3, -0.25) is 10.1 Å². The summed E-state index contributed by atoms with van der Waals surface area (Å²) in [6.45, 7) is 0. The van der Waals surface area contributed by atoms with Crippen molar-refractivity contribution < 1.29 is 14.3 Å². The van der Waals surface area contributed by atoms with Gasteiger partial charge in [-0.05, 0) is 73.6 Å². The van der Waals surface area contributed by atoms with Crippen molar-refractivity contribution in [2.24, 2.45) is 28.0 Å². The number of benzene rings is 1. The SMILES string of the molecule is COC(=O)/C=C1/S/C(=N\N=Cc2ccc(-c3nc(C45CC6CC(CC(C6)C4)C5)cs3)cc2)NC1=O. The molecule has 2 heterocycles.